The highest BCUT2D eigenvalue weighted by molar-refractivity contribution is 6.30. The maximum Gasteiger partial charge on any atom is 0.225 e. The van der Waals surface area contributed by atoms with E-state index in [4.69, 9.17) is 11.6 Å². The van der Waals surface area contributed by atoms with E-state index in [1.807, 2.05) is 45.0 Å². The van der Waals surface area contributed by atoms with E-state index in [1.54, 1.807) is 7.05 Å². The number of benzene rings is 1. The van der Waals surface area contributed by atoms with Crippen molar-refractivity contribution in [3.63, 3.8) is 0 Å². The van der Waals surface area contributed by atoms with Crippen LogP contribution in [0.25, 0.3) is 0 Å². The number of carbonyl (C=O) groups excluding carboxylic acids is 1. The van der Waals surface area contributed by atoms with Crippen molar-refractivity contribution in [3.8, 4) is 0 Å². The van der Waals surface area contributed by atoms with Crippen LogP contribution in [0.15, 0.2) is 29.3 Å². The van der Waals surface area contributed by atoms with Gasteiger partial charge in [-0.25, -0.2) is 0 Å². The van der Waals surface area contributed by atoms with Gasteiger partial charge in [0.05, 0.1) is 0 Å². The molecule has 0 saturated heterocycles. The Morgan fingerprint density at radius 1 is 1.13 bits per heavy atom. The molecule has 6 heteroatoms. The molecule has 3 N–H and O–H groups in total. The van der Waals surface area contributed by atoms with Gasteiger partial charge in [0.15, 0.2) is 5.96 Å². The average Bonchev–Trinajstić information content (AvgIpc) is 2.48. The molecule has 5 nitrogen and oxygen atoms in total. The van der Waals surface area contributed by atoms with Crippen LogP contribution >= 0.6 is 11.6 Å². The Labute approximate surface area is 143 Å². The summed E-state index contributed by atoms with van der Waals surface area (Å²) in [5.41, 5.74) is 0.814. The topological polar surface area (TPSA) is 65.5 Å². The maximum atomic E-state index is 11.7. The summed E-state index contributed by atoms with van der Waals surface area (Å²) >= 11 is 5.96. The van der Waals surface area contributed by atoms with E-state index < -0.39 is 0 Å². The van der Waals surface area contributed by atoms with Crippen LogP contribution < -0.4 is 16.0 Å². The Morgan fingerprint density at radius 2 is 1.78 bits per heavy atom. The summed E-state index contributed by atoms with van der Waals surface area (Å²) in [6, 6.07) is 7.82. The van der Waals surface area contributed by atoms with E-state index in [0.29, 0.717) is 13.1 Å². The van der Waals surface area contributed by atoms with E-state index >= 15 is 0 Å². The largest absolute Gasteiger partial charge is 0.356 e. The highest BCUT2D eigenvalue weighted by Gasteiger charge is 2.20. The second-order valence-corrected chi connectivity index (χ2v) is 6.75. The number of amides is 1. The Balaban J connectivity index is 2.24. The number of nitrogens with one attached hydrogen (secondary N) is 3. The molecule has 128 valence electrons. The number of nitrogens with zero attached hydrogens (tertiary/aromatic N) is 1. The van der Waals surface area contributed by atoms with Crippen LogP contribution in [0.4, 0.5) is 0 Å². The van der Waals surface area contributed by atoms with Crippen LogP contribution in [0.3, 0.4) is 0 Å². The predicted molar refractivity (Wildman–Crippen MR) is 97.0 cm³/mol. The molecular formula is C17H27ClN4O. The minimum absolute atomic E-state index is 0.0446. The van der Waals surface area contributed by atoms with Gasteiger partial charge in [0.2, 0.25) is 5.91 Å². The molecule has 23 heavy (non-hydrogen) atoms. The van der Waals surface area contributed by atoms with Gasteiger partial charge in [-0.2, -0.15) is 0 Å². The van der Waals surface area contributed by atoms with Crippen molar-refractivity contribution < 1.29 is 4.79 Å². The van der Waals surface area contributed by atoms with Gasteiger partial charge < -0.3 is 16.0 Å². The molecule has 1 aromatic carbocycles. The van der Waals surface area contributed by atoms with Crippen LogP contribution in [0.5, 0.6) is 0 Å². The van der Waals surface area contributed by atoms with Crippen LogP contribution in [0.2, 0.25) is 5.02 Å². The van der Waals surface area contributed by atoms with Gasteiger partial charge in [0, 0.05) is 37.1 Å². The van der Waals surface area contributed by atoms with E-state index in [0.717, 1.165) is 23.9 Å². The number of aliphatic imine (C=N–C) groups is 1. The monoisotopic (exact) mass is 338 g/mol. The summed E-state index contributed by atoms with van der Waals surface area (Å²) in [7, 11) is 1.72. The van der Waals surface area contributed by atoms with Crippen molar-refractivity contribution >= 4 is 23.5 Å². The smallest absolute Gasteiger partial charge is 0.225 e. The minimum atomic E-state index is -0.364. The van der Waals surface area contributed by atoms with E-state index in [9.17, 15) is 4.79 Å². The number of halogens is 1. The molecule has 0 saturated carbocycles. The summed E-state index contributed by atoms with van der Waals surface area (Å²) < 4.78 is 0. The van der Waals surface area contributed by atoms with Crippen molar-refractivity contribution in [2.45, 2.75) is 27.2 Å². The van der Waals surface area contributed by atoms with Crippen molar-refractivity contribution in [1.82, 2.24) is 16.0 Å². The fourth-order valence-electron chi connectivity index (χ4n) is 1.86. The molecule has 0 aliphatic rings. The first-order valence-electron chi connectivity index (χ1n) is 7.80. The number of hydrogen-bond acceptors (Lipinski definition) is 2. The van der Waals surface area contributed by atoms with E-state index in [2.05, 4.69) is 20.9 Å². The van der Waals surface area contributed by atoms with Gasteiger partial charge in [0.1, 0.15) is 0 Å². The highest BCUT2D eigenvalue weighted by Crippen LogP contribution is 2.12. The van der Waals surface area contributed by atoms with Crippen molar-refractivity contribution in [1.29, 1.82) is 0 Å². The fourth-order valence-corrected chi connectivity index (χ4v) is 2.07. The molecule has 0 unspecified atom stereocenters. The predicted octanol–water partition coefficient (Wildman–Crippen LogP) is 2.21. The second-order valence-electron chi connectivity index (χ2n) is 6.31. The van der Waals surface area contributed by atoms with Gasteiger partial charge in [-0.3, -0.25) is 9.79 Å². The highest BCUT2D eigenvalue weighted by atomic mass is 35.5. The van der Waals surface area contributed by atoms with Gasteiger partial charge in [-0.05, 0) is 24.1 Å². The third kappa shape index (κ3) is 7.88. The molecule has 1 amide bonds. The molecule has 0 aliphatic carbocycles. The number of guanidine groups is 1. The molecule has 0 spiro atoms. The summed E-state index contributed by atoms with van der Waals surface area (Å²) in [6.45, 7) is 7.63. The quantitative estimate of drug-likeness (QED) is 0.423. The molecule has 0 aliphatic heterocycles. The number of rotatable bonds is 6. The molecule has 0 fully saturated rings. The van der Waals surface area contributed by atoms with Crippen LogP contribution in [-0.4, -0.2) is 38.5 Å². The first kappa shape index (κ1) is 19.3. The first-order chi connectivity index (χ1) is 10.8. The molecule has 0 heterocycles. The number of hydrogen-bond donors (Lipinski definition) is 3. The Hall–Kier alpha value is -1.75. The van der Waals surface area contributed by atoms with Gasteiger partial charge >= 0.3 is 0 Å². The zero-order valence-corrected chi connectivity index (χ0v) is 15.1. The van der Waals surface area contributed by atoms with Gasteiger partial charge in [0.25, 0.3) is 0 Å². The van der Waals surface area contributed by atoms with E-state index in [1.165, 1.54) is 5.56 Å². The van der Waals surface area contributed by atoms with Crippen molar-refractivity contribution in [2.24, 2.45) is 10.4 Å². The summed E-state index contributed by atoms with van der Waals surface area (Å²) in [5.74, 6) is 0.764. The van der Waals surface area contributed by atoms with Crippen molar-refractivity contribution in [3.05, 3.63) is 34.9 Å². The Kier molecular flexibility index (Phi) is 7.89. The molecule has 1 aromatic rings. The summed E-state index contributed by atoms with van der Waals surface area (Å²) in [6.07, 6.45) is 0.863. The Bertz CT molecular complexity index is 538. The normalized spacial score (nSPS) is 12.0. The summed E-state index contributed by atoms with van der Waals surface area (Å²) in [5, 5.41) is 10.1. The lowest BCUT2D eigenvalue weighted by Crippen LogP contribution is -2.43. The van der Waals surface area contributed by atoms with Crippen molar-refractivity contribution in [2.75, 3.05) is 26.7 Å². The zero-order chi connectivity index (χ0) is 17.3. The van der Waals surface area contributed by atoms with Gasteiger partial charge in [-0.15, -0.1) is 0 Å². The molecular weight excluding hydrogens is 312 g/mol. The molecule has 0 radical (unpaired) electrons. The molecule has 0 atom stereocenters. The van der Waals surface area contributed by atoms with Crippen LogP contribution in [0, 0.1) is 5.41 Å². The average molecular weight is 339 g/mol. The molecule has 0 bridgehead atoms. The zero-order valence-electron chi connectivity index (χ0n) is 14.4. The van der Waals surface area contributed by atoms with Crippen LogP contribution in [0.1, 0.15) is 26.3 Å². The lowest BCUT2D eigenvalue weighted by Gasteiger charge is -2.18. The fraction of sp³-hybridized carbons (Fsp3) is 0.529. The molecule has 1 rings (SSSR count). The van der Waals surface area contributed by atoms with Gasteiger partial charge in [-0.1, -0.05) is 44.5 Å². The number of carbonyl (C=O) groups is 1. The third-order valence-corrected chi connectivity index (χ3v) is 3.44. The maximum absolute atomic E-state index is 11.7. The first-order valence-corrected chi connectivity index (χ1v) is 8.18. The Morgan fingerprint density at radius 3 is 2.39 bits per heavy atom. The minimum Gasteiger partial charge on any atom is -0.356 e. The summed E-state index contributed by atoms with van der Waals surface area (Å²) in [4.78, 5) is 15.9. The standard InChI is InChI=1S/C17H27ClN4O/c1-17(2,3)15(23)20-10-11-22-16(19-4)21-9-8-13-6-5-7-14(18)12-13/h5-7,12H,8-11H2,1-4H3,(H,20,23)(H2,19,21,22). The third-order valence-electron chi connectivity index (χ3n) is 3.20. The van der Waals surface area contributed by atoms with E-state index in [-0.39, 0.29) is 11.3 Å². The lowest BCUT2D eigenvalue weighted by molar-refractivity contribution is -0.128. The lowest BCUT2D eigenvalue weighted by atomic mass is 9.96. The second kappa shape index (κ2) is 9.40. The molecule has 0 aromatic heterocycles. The van der Waals surface area contributed by atoms with Crippen LogP contribution in [-0.2, 0) is 11.2 Å². The SMILES string of the molecule is CN=C(NCCNC(=O)C(C)(C)C)NCCc1cccc(Cl)c1.